The third-order valence-electron chi connectivity index (χ3n) is 1.28. The topological polar surface area (TPSA) is 55.6 Å². The summed E-state index contributed by atoms with van der Waals surface area (Å²) in [6, 6.07) is 0. The first kappa shape index (κ1) is 7.97. The standard InChI is InChI=1S/C6H12N5/c1-3-5-7-6-8-9-10-11(6)4-2/h2-5H2,1H3,(H,7,8,10). The van der Waals surface area contributed by atoms with Crippen molar-refractivity contribution < 1.29 is 0 Å². The third kappa shape index (κ3) is 1.89. The van der Waals surface area contributed by atoms with Crippen LogP contribution in [0.4, 0.5) is 5.95 Å². The molecule has 0 saturated heterocycles. The van der Waals surface area contributed by atoms with Gasteiger partial charge >= 0.3 is 0 Å². The summed E-state index contributed by atoms with van der Waals surface area (Å²) in [5.41, 5.74) is 0. The molecule has 1 rings (SSSR count). The highest BCUT2D eigenvalue weighted by Gasteiger charge is 2.00. The van der Waals surface area contributed by atoms with Gasteiger partial charge in [0.05, 0.1) is 0 Å². The zero-order valence-electron chi connectivity index (χ0n) is 6.62. The van der Waals surface area contributed by atoms with Gasteiger partial charge in [-0.05, 0) is 23.8 Å². The Balaban J connectivity index is 2.54. The number of hydrogen-bond donors (Lipinski definition) is 1. The van der Waals surface area contributed by atoms with Crippen LogP contribution in [0.25, 0.3) is 0 Å². The zero-order valence-corrected chi connectivity index (χ0v) is 6.62. The highest BCUT2D eigenvalue weighted by molar-refractivity contribution is 5.20. The van der Waals surface area contributed by atoms with Gasteiger partial charge in [-0.2, -0.15) is 0 Å². The quantitative estimate of drug-likeness (QED) is 0.679. The molecular formula is C6H12N5. The first-order valence-electron chi connectivity index (χ1n) is 3.67. The van der Waals surface area contributed by atoms with Gasteiger partial charge in [-0.1, -0.05) is 12.0 Å². The molecule has 0 atom stereocenters. The minimum Gasteiger partial charge on any atom is -0.353 e. The lowest BCUT2D eigenvalue weighted by atomic mass is 10.5. The second-order valence-electron chi connectivity index (χ2n) is 2.15. The van der Waals surface area contributed by atoms with E-state index >= 15 is 0 Å². The Bertz CT molecular complexity index is 206. The maximum absolute atomic E-state index is 3.78. The van der Waals surface area contributed by atoms with Crippen molar-refractivity contribution in [3.05, 3.63) is 6.92 Å². The molecule has 5 nitrogen and oxygen atoms in total. The van der Waals surface area contributed by atoms with Gasteiger partial charge in [0.2, 0.25) is 5.95 Å². The van der Waals surface area contributed by atoms with Crippen LogP contribution in [0.15, 0.2) is 0 Å². The summed E-state index contributed by atoms with van der Waals surface area (Å²) in [6.45, 7) is 7.21. The average molecular weight is 154 g/mol. The lowest BCUT2D eigenvalue weighted by molar-refractivity contribution is 0.660. The molecule has 0 saturated carbocycles. The molecule has 0 spiro atoms. The van der Waals surface area contributed by atoms with E-state index < -0.39 is 0 Å². The van der Waals surface area contributed by atoms with Crippen molar-refractivity contribution in [3.8, 4) is 0 Å². The van der Waals surface area contributed by atoms with Crippen molar-refractivity contribution >= 4 is 5.95 Å². The number of rotatable bonds is 4. The van der Waals surface area contributed by atoms with E-state index in [1.807, 2.05) is 0 Å². The van der Waals surface area contributed by atoms with Gasteiger partial charge in [0.1, 0.15) is 0 Å². The van der Waals surface area contributed by atoms with Gasteiger partial charge in [0.15, 0.2) is 0 Å². The number of aromatic nitrogens is 4. The number of anilines is 1. The SMILES string of the molecule is [CH2]Cn1nnnc1NCCC. The molecular weight excluding hydrogens is 142 g/mol. The van der Waals surface area contributed by atoms with E-state index in [1.165, 1.54) is 0 Å². The van der Waals surface area contributed by atoms with Crippen molar-refractivity contribution in [2.24, 2.45) is 0 Å². The maximum Gasteiger partial charge on any atom is 0.242 e. The van der Waals surface area contributed by atoms with E-state index in [9.17, 15) is 0 Å². The predicted molar refractivity (Wildman–Crippen MR) is 42.0 cm³/mol. The molecule has 1 radical (unpaired) electrons. The van der Waals surface area contributed by atoms with Crippen LogP contribution in [0.1, 0.15) is 13.3 Å². The highest BCUT2D eigenvalue weighted by Crippen LogP contribution is 1.97. The third-order valence-corrected chi connectivity index (χ3v) is 1.28. The van der Waals surface area contributed by atoms with Crippen LogP contribution in [0.5, 0.6) is 0 Å². The summed E-state index contributed by atoms with van der Waals surface area (Å²) >= 11 is 0. The molecule has 0 bridgehead atoms. The molecule has 0 aromatic carbocycles. The molecule has 61 valence electrons. The Labute approximate surface area is 65.8 Å². The van der Waals surface area contributed by atoms with Gasteiger partial charge in [-0.3, -0.25) is 0 Å². The van der Waals surface area contributed by atoms with E-state index in [-0.39, 0.29) is 0 Å². The molecule has 1 aromatic heterocycles. The van der Waals surface area contributed by atoms with Gasteiger partial charge in [0, 0.05) is 13.1 Å². The van der Waals surface area contributed by atoms with Crippen LogP contribution in [0.3, 0.4) is 0 Å². The molecule has 0 unspecified atom stereocenters. The number of nitrogens with zero attached hydrogens (tertiary/aromatic N) is 4. The fraction of sp³-hybridized carbons (Fsp3) is 0.667. The van der Waals surface area contributed by atoms with E-state index in [0.717, 1.165) is 13.0 Å². The van der Waals surface area contributed by atoms with Crippen LogP contribution in [0.2, 0.25) is 0 Å². The Kier molecular flexibility index (Phi) is 2.83. The van der Waals surface area contributed by atoms with Crippen LogP contribution in [-0.2, 0) is 6.54 Å². The van der Waals surface area contributed by atoms with Crippen LogP contribution in [-0.4, -0.2) is 26.8 Å². The Morgan fingerprint density at radius 2 is 2.45 bits per heavy atom. The molecule has 1 aromatic rings. The molecule has 11 heavy (non-hydrogen) atoms. The van der Waals surface area contributed by atoms with E-state index in [2.05, 4.69) is 34.7 Å². The molecule has 1 N–H and O–H groups in total. The van der Waals surface area contributed by atoms with Crippen LogP contribution in [0, 0.1) is 6.92 Å². The van der Waals surface area contributed by atoms with Crippen molar-refractivity contribution in [1.29, 1.82) is 0 Å². The summed E-state index contributed by atoms with van der Waals surface area (Å²) in [6.07, 6.45) is 1.06. The van der Waals surface area contributed by atoms with Crippen molar-refractivity contribution in [2.45, 2.75) is 19.9 Å². The fourth-order valence-corrected chi connectivity index (χ4v) is 0.719. The number of nitrogens with one attached hydrogen (secondary N) is 1. The normalized spacial score (nSPS) is 10.0. The van der Waals surface area contributed by atoms with Crippen molar-refractivity contribution in [2.75, 3.05) is 11.9 Å². The average Bonchev–Trinajstić information content (AvgIpc) is 2.47. The maximum atomic E-state index is 3.78. The number of tetrazole rings is 1. The van der Waals surface area contributed by atoms with E-state index in [4.69, 9.17) is 0 Å². The minimum absolute atomic E-state index is 0.555. The van der Waals surface area contributed by atoms with E-state index in [1.54, 1.807) is 4.68 Å². The molecule has 0 aliphatic carbocycles. The smallest absolute Gasteiger partial charge is 0.242 e. The van der Waals surface area contributed by atoms with Crippen molar-refractivity contribution in [3.63, 3.8) is 0 Å². The molecule has 0 fully saturated rings. The summed E-state index contributed by atoms with van der Waals surface area (Å²) in [4.78, 5) is 0. The second kappa shape index (κ2) is 3.90. The number of hydrogen-bond acceptors (Lipinski definition) is 4. The summed E-state index contributed by atoms with van der Waals surface area (Å²) in [5.74, 6) is 0.696. The van der Waals surface area contributed by atoms with Gasteiger partial charge in [0.25, 0.3) is 0 Å². The monoisotopic (exact) mass is 154 g/mol. The lowest BCUT2D eigenvalue weighted by Gasteiger charge is -2.01. The zero-order chi connectivity index (χ0) is 8.10. The Morgan fingerprint density at radius 3 is 3.09 bits per heavy atom. The highest BCUT2D eigenvalue weighted by atomic mass is 15.6. The van der Waals surface area contributed by atoms with Crippen LogP contribution >= 0.6 is 0 Å². The largest absolute Gasteiger partial charge is 0.353 e. The molecule has 5 heteroatoms. The Morgan fingerprint density at radius 1 is 1.64 bits per heavy atom. The summed E-state index contributed by atoms with van der Waals surface area (Å²) < 4.78 is 1.62. The van der Waals surface area contributed by atoms with Gasteiger partial charge < -0.3 is 5.32 Å². The van der Waals surface area contributed by atoms with Gasteiger partial charge in [-0.25, -0.2) is 4.68 Å². The van der Waals surface area contributed by atoms with Gasteiger partial charge in [-0.15, -0.1) is 0 Å². The first-order valence-corrected chi connectivity index (χ1v) is 3.67. The minimum atomic E-state index is 0.555. The summed E-state index contributed by atoms with van der Waals surface area (Å²) in [5, 5.41) is 14.1. The van der Waals surface area contributed by atoms with E-state index in [0.29, 0.717) is 12.5 Å². The van der Waals surface area contributed by atoms with Crippen molar-refractivity contribution in [1.82, 2.24) is 20.2 Å². The second-order valence-corrected chi connectivity index (χ2v) is 2.15. The summed E-state index contributed by atoms with van der Waals surface area (Å²) in [7, 11) is 0. The molecule has 0 aliphatic heterocycles. The predicted octanol–water partition coefficient (Wildman–Crippen LogP) is 0.329. The molecule has 0 aliphatic rings. The first-order chi connectivity index (χ1) is 5.38. The Hall–Kier alpha value is -1.13. The van der Waals surface area contributed by atoms with Crippen LogP contribution < -0.4 is 5.32 Å². The molecule has 1 heterocycles. The fourth-order valence-electron chi connectivity index (χ4n) is 0.719. The lowest BCUT2D eigenvalue weighted by Crippen LogP contribution is -2.08. The molecule has 0 amide bonds.